The number of benzene rings is 1. The summed E-state index contributed by atoms with van der Waals surface area (Å²) in [6, 6.07) is 9.21. The molecule has 0 aliphatic carbocycles. The van der Waals surface area contributed by atoms with E-state index in [1.165, 1.54) is 7.11 Å². The number of rotatable bonds is 3. The summed E-state index contributed by atoms with van der Waals surface area (Å²) in [6.45, 7) is 1.91. The van der Waals surface area contributed by atoms with Crippen LogP contribution in [0, 0.1) is 18.3 Å². The van der Waals surface area contributed by atoms with Crippen LogP contribution in [-0.4, -0.2) is 22.3 Å². The van der Waals surface area contributed by atoms with E-state index in [-0.39, 0.29) is 0 Å². The molecular formula is C15H12ClN5O. The van der Waals surface area contributed by atoms with Crippen LogP contribution in [0.3, 0.4) is 0 Å². The predicted molar refractivity (Wildman–Crippen MR) is 84.6 cm³/mol. The summed E-state index contributed by atoms with van der Waals surface area (Å²) in [5.41, 5.74) is 1.36. The Hall–Kier alpha value is -2.78. The van der Waals surface area contributed by atoms with Crippen LogP contribution in [0.25, 0.3) is 10.8 Å². The number of aromatic nitrogens is 3. The number of anilines is 2. The first kappa shape index (κ1) is 14.2. The molecule has 7 heteroatoms. The van der Waals surface area contributed by atoms with Gasteiger partial charge in [0.25, 0.3) is 0 Å². The van der Waals surface area contributed by atoms with Gasteiger partial charge < -0.3 is 10.1 Å². The smallest absolute Gasteiger partial charge is 0.153 e. The van der Waals surface area contributed by atoms with Crippen LogP contribution >= 0.6 is 11.6 Å². The van der Waals surface area contributed by atoms with Crippen LogP contribution in [0.15, 0.2) is 24.3 Å². The SMILES string of the molecule is COc1cc2cc(Nc3cc(C)[nH]n3)nc(Cl)c2cc1C#N. The molecule has 0 radical (unpaired) electrons. The van der Waals surface area contributed by atoms with E-state index in [2.05, 4.69) is 26.6 Å². The molecule has 0 unspecified atom stereocenters. The Morgan fingerprint density at radius 2 is 2.09 bits per heavy atom. The highest BCUT2D eigenvalue weighted by Crippen LogP contribution is 2.31. The molecule has 2 N–H and O–H groups in total. The normalized spacial score (nSPS) is 10.5. The van der Waals surface area contributed by atoms with Crippen molar-refractivity contribution >= 4 is 34.0 Å². The van der Waals surface area contributed by atoms with Gasteiger partial charge in [-0.3, -0.25) is 5.10 Å². The summed E-state index contributed by atoms with van der Waals surface area (Å²) >= 11 is 6.23. The molecule has 0 spiro atoms. The van der Waals surface area contributed by atoms with Gasteiger partial charge in [0.1, 0.15) is 22.8 Å². The van der Waals surface area contributed by atoms with E-state index in [1.807, 2.05) is 19.1 Å². The molecule has 3 rings (SSSR count). The Morgan fingerprint density at radius 3 is 2.73 bits per heavy atom. The molecule has 3 aromatic rings. The molecule has 0 fully saturated rings. The standard InChI is InChI=1S/C15H12ClN5O/c1-8-3-14(21-20-8)18-13-6-9-5-12(22-2)10(7-17)4-11(9)15(16)19-13/h3-6H,1-2H3,(H2,18,19,20,21). The molecule has 2 heterocycles. The Kier molecular flexibility index (Phi) is 3.57. The summed E-state index contributed by atoms with van der Waals surface area (Å²) in [5.74, 6) is 1.72. The Balaban J connectivity index is 2.09. The topological polar surface area (TPSA) is 86.6 Å². The van der Waals surface area contributed by atoms with Crippen LogP contribution in [-0.2, 0) is 0 Å². The number of ether oxygens (including phenoxy) is 1. The van der Waals surface area contributed by atoms with E-state index in [0.717, 1.165) is 11.1 Å². The van der Waals surface area contributed by atoms with Gasteiger partial charge in [-0.25, -0.2) is 4.98 Å². The number of hydrogen-bond donors (Lipinski definition) is 2. The van der Waals surface area contributed by atoms with Gasteiger partial charge in [-0.05, 0) is 30.5 Å². The summed E-state index contributed by atoms with van der Waals surface area (Å²) in [4.78, 5) is 4.29. The molecule has 22 heavy (non-hydrogen) atoms. The number of H-pyrrole nitrogens is 1. The van der Waals surface area contributed by atoms with Gasteiger partial charge in [0.2, 0.25) is 0 Å². The van der Waals surface area contributed by atoms with Crippen molar-refractivity contribution in [3.8, 4) is 11.8 Å². The average Bonchev–Trinajstić information content (AvgIpc) is 2.91. The van der Waals surface area contributed by atoms with Crippen molar-refractivity contribution in [2.45, 2.75) is 6.92 Å². The van der Waals surface area contributed by atoms with E-state index in [9.17, 15) is 0 Å². The second kappa shape index (κ2) is 5.54. The second-order valence-electron chi connectivity index (χ2n) is 4.74. The number of halogens is 1. The summed E-state index contributed by atoms with van der Waals surface area (Å²) in [7, 11) is 1.52. The Morgan fingerprint density at radius 1 is 1.27 bits per heavy atom. The Labute approximate surface area is 131 Å². The fourth-order valence-electron chi connectivity index (χ4n) is 2.17. The van der Waals surface area contributed by atoms with Crippen molar-refractivity contribution in [1.29, 1.82) is 5.26 Å². The zero-order chi connectivity index (χ0) is 15.7. The molecule has 0 saturated heterocycles. The third kappa shape index (κ3) is 2.54. The highest BCUT2D eigenvalue weighted by Gasteiger charge is 2.11. The number of aryl methyl sites for hydroxylation is 1. The van der Waals surface area contributed by atoms with E-state index < -0.39 is 0 Å². The zero-order valence-electron chi connectivity index (χ0n) is 11.9. The first-order chi connectivity index (χ1) is 10.6. The highest BCUT2D eigenvalue weighted by atomic mass is 35.5. The number of aromatic amines is 1. The molecule has 0 saturated carbocycles. The number of pyridine rings is 1. The number of methoxy groups -OCH3 is 1. The first-order valence-corrected chi connectivity index (χ1v) is 6.86. The van der Waals surface area contributed by atoms with Crippen molar-refractivity contribution in [1.82, 2.24) is 15.2 Å². The molecule has 0 bridgehead atoms. The minimum atomic E-state index is 0.311. The lowest BCUT2D eigenvalue weighted by Gasteiger charge is -2.09. The average molecular weight is 314 g/mol. The number of nitriles is 1. The number of hydrogen-bond acceptors (Lipinski definition) is 5. The van der Waals surface area contributed by atoms with Gasteiger partial charge in [0.05, 0.1) is 12.7 Å². The summed E-state index contributed by atoms with van der Waals surface area (Å²) < 4.78 is 5.22. The maximum absolute atomic E-state index is 9.13. The van der Waals surface area contributed by atoms with Crippen LogP contribution < -0.4 is 10.1 Å². The molecule has 0 atom stereocenters. The van der Waals surface area contributed by atoms with E-state index in [4.69, 9.17) is 21.6 Å². The van der Waals surface area contributed by atoms with Crippen LogP contribution in [0.1, 0.15) is 11.3 Å². The number of fused-ring (bicyclic) bond motifs is 1. The van der Waals surface area contributed by atoms with E-state index >= 15 is 0 Å². The lowest BCUT2D eigenvalue weighted by Crippen LogP contribution is -1.96. The lowest BCUT2D eigenvalue weighted by molar-refractivity contribution is 0.414. The number of nitrogens with zero attached hydrogens (tertiary/aromatic N) is 3. The van der Waals surface area contributed by atoms with E-state index in [0.29, 0.717) is 33.5 Å². The largest absolute Gasteiger partial charge is 0.495 e. The zero-order valence-corrected chi connectivity index (χ0v) is 12.7. The van der Waals surface area contributed by atoms with Crippen molar-refractivity contribution in [2.75, 3.05) is 12.4 Å². The molecule has 1 aromatic carbocycles. The van der Waals surface area contributed by atoms with Crippen LogP contribution in [0.5, 0.6) is 5.75 Å². The van der Waals surface area contributed by atoms with Gasteiger partial charge in [-0.15, -0.1) is 0 Å². The fraction of sp³-hybridized carbons (Fsp3) is 0.133. The monoisotopic (exact) mass is 313 g/mol. The fourth-order valence-corrected chi connectivity index (χ4v) is 2.43. The van der Waals surface area contributed by atoms with Crippen LogP contribution in [0.4, 0.5) is 11.6 Å². The highest BCUT2D eigenvalue weighted by molar-refractivity contribution is 6.34. The van der Waals surface area contributed by atoms with Crippen molar-refractivity contribution in [2.24, 2.45) is 0 Å². The second-order valence-corrected chi connectivity index (χ2v) is 5.10. The maximum Gasteiger partial charge on any atom is 0.153 e. The lowest BCUT2D eigenvalue weighted by atomic mass is 10.1. The quantitative estimate of drug-likeness (QED) is 0.722. The van der Waals surface area contributed by atoms with Crippen LogP contribution in [0.2, 0.25) is 5.15 Å². The minimum absolute atomic E-state index is 0.311. The first-order valence-electron chi connectivity index (χ1n) is 6.48. The van der Waals surface area contributed by atoms with E-state index in [1.54, 1.807) is 12.1 Å². The molecule has 110 valence electrons. The maximum atomic E-state index is 9.13. The summed E-state index contributed by atoms with van der Waals surface area (Å²) in [6.07, 6.45) is 0. The molecular weight excluding hydrogens is 302 g/mol. The predicted octanol–water partition coefficient (Wildman–Crippen LogP) is 3.54. The Bertz CT molecular complexity index is 897. The van der Waals surface area contributed by atoms with Crippen molar-refractivity contribution in [3.05, 3.63) is 40.7 Å². The third-order valence-electron chi connectivity index (χ3n) is 3.19. The number of nitrogens with one attached hydrogen (secondary N) is 2. The van der Waals surface area contributed by atoms with Gasteiger partial charge in [-0.1, -0.05) is 11.6 Å². The van der Waals surface area contributed by atoms with Gasteiger partial charge >= 0.3 is 0 Å². The van der Waals surface area contributed by atoms with Gasteiger partial charge in [-0.2, -0.15) is 10.4 Å². The molecule has 6 nitrogen and oxygen atoms in total. The molecule has 2 aromatic heterocycles. The van der Waals surface area contributed by atoms with Gasteiger partial charge in [0.15, 0.2) is 5.82 Å². The summed E-state index contributed by atoms with van der Waals surface area (Å²) in [5, 5.41) is 21.0. The molecule has 0 aliphatic rings. The van der Waals surface area contributed by atoms with Crippen molar-refractivity contribution < 1.29 is 4.74 Å². The van der Waals surface area contributed by atoms with Gasteiger partial charge in [0, 0.05) is 17.1 Å². The molecule has 0 amide bonds. The molecule has 0 aliphatic heterocycles. The third-order valence-corrected chi connectivity index (χ3v) is 3.48. The minimum Gasteiger partial charge on any atom is -0.495 e. The van der Waals surface area contributed by atoms with Crippen molar-refractivity contribution in [3.63, 3.8) is 0 Å².